The van der Waals surface area contributed by atoms with E-state index >= 15 is 0 Å². The fourth-order valence-corrected chi connectivity index (χ4v) is 4.73. The molecular formula is C20H23FN2O3. The topological polar surface area (TPSA) is 60.9 Å². The molecule has 2 bridgehead atoms. The Hall–Kier alpha value is -2.21. The van der Waals surface area contributed by atoms with Crippen molar-refractivity contribution in [2.75, 3.05) is 26.2 Å². The molecule has 0 aromatic heterocycles. The molecule has 4 atom stereocenters. The summed E-state index contributed by atoms with van der Waals surface area (Å²) in [5.74, 6) is -2.04. The van der Waals surface area contributed by atoms with Crippen molar-refractivity contribution in [3.8, 4) is 0 Å². The fraction of sp³-hybridized carbons (Fsp3) is 0.500. The molecule has 4 rings (SSSR count). The van der Waals surface area contributed by atoms with Crippen molar-refractivity contribution in [2.24, 2.45) is 23.7 Å². The normalized spacial score (nSPS) is 30.7. The van der Waals surface area contributed by atoms with Crippen LogP contribution in [0.3, 0.4) is 0 Å². The Morgan fingerprint density at radius 1 is 1.08 bits per heavy atom. The second-order valence-electron chi connectivity index (χ2n) is 7.57. The molecule has 2 fully saturated rings. The average molecular weight is 358 g/mol. The maximum atomic E-state index is 13.3. The second-order valence-corrected chi connectivity index (χ2v) is 7.57. The summed E-state index contributed by atoms with van der Waals surface area (Å²) in [6, 6.07) is 6.58. The van der Waals surface area contributed by atoms with E-state index in [1.807, 2.05) is 23.1 Å². The molecule has 1 saturated carbocycles. The highest BCUT2D eigenvalue weighted by atomic mass is 19.1. The number of rotatable bonds is 4. The van der Waals surface area contributed by atoms with Gasteiger partial charge in [-0.25, -0.2) is 4.39 Å². The van der Waals surface area contributed by atoms with E-state index in [9.17, 15) is 19.1 Å². The quantitative estimate of drug-likeness (QED) is 0.837. The van der Waals surface area contributed by atoms with Gasteiger partial charge in [-0.05, 0) is 36.0 Å². The number of carboxylic acid groups (broad SMARTS) is 1. The Kier molecular flexibility index (Phi) is 4.53. The molecule has 5 nitrogen and oxygen atoms in total. The van der Waals surface area contributed by atoms with Gasteiger partial charge in [0.1, 0.15) is 5.82 Å². The number of carboxylic acids is 1. The summed E-state index contributed by atoms with van der Waals surface area (Å²) in [4.78, 5) is 28.6. The van der Waals surface area contributed by atoms with Crippen LogP contribution in [0, 0.1) is 29.5 Å². The SMILES string of the molecule is O=C(O)[C@H]1[C@H](C(=O)N2CCN(Cc3cccc(F)c3)CC2)[C@H]2C=C[C@H]1C2. The first-order chi connectivity index (χ1) is 12.5. The van der Waals surface area contributed by atoms with Gasteiger partial charge >= 0.3 is 5.97 Å². The van der Waals surface area contributed by atoms with Gasteiger partial charge in [0.05, 0.1) is 11.8 Å². The van der Waals surface area contributed by atoms with Gasteiger partial charge in [-0.1, -0.05) is 24.3 Å². The molecule has 3 aliphatic rings. The van der Waals surface area contributed by atoms with Gasteiger partial charge in [0.25, 0.3) is 0 Å². The monoisotopic (exact) mass is 358 g/mol. The van der Waals surface area contributed by atoms with Crippen LogP contribution in [0.2, 0.25) is 0 Å². The highest BCUT2D eigenvalue weighted by Crippen LogP contribution is 2.48. The molecule has 1 saturated heterocycles. The molecule has 0 spiro atoms. The number of piperazine rings is 1. The summed E-state index contributed by atoms with van der Waals surface area (Å²) in [7, 11) is 0. The molecule has 1 aromatic rings. The van der Waals surface area contributed by atoms with E-state index in [1.165, 1.54) is 12.1 Å². The van der Waals surface area contributed by atoms with Crippen LogP contribution in [0.5, 0.6) is 0 Å². The maximum Gasteiger partial charge on any atom is 0.307 e. The number of aliphatic carboxylic acids is 1. The van der Waals surface area contributed by atoms with E-state index in [2.05, 4.69) is 4.90 Å². The molecule has 2 aliphatic carbocycles. The van der Waals surface area contributed by atoms with Gasteiger partial charge in [0.2, 0.25) is 5.91 Å². The highest BCUT2D eigenvalue weighted by molar-refractivity contribution is 5.87. The van der Waals surface area contributed by atoms with Crippen molar-refractivity contribution in [2.45, 2.75) is 13.0 Å². The number of hydrogen-bond donors (Lipinski definition) is 1. The van der Waals surface area contributed by atoms with Gasteiger partial charge in [0, 0.05) is 32.7 Å². The third-order valence-corrected chi connectivity index (χ3v) is 6.01. The lowest BCUT2D eigenvalue weighted by Gasteiger charge is -2.37. The van der Waals surface area contributed by atoms with Crippen LogP contribution in [0.1, 0.15) is 12.0 Å². The largest absolute Gasteiger partial charge is 0.481 e. The van der Waals surface area contributed by atoms with Crippen molar-refractivity contribution in [1.29, 1.82) is 0 Å². The van der Waals surface area contributed by atoms with Crippen molar-refractivity contribution in [1.82, 2.24) is 9.80 Å². The van der Waals surface area contributed by atoms with Crippen LogP contribution in [-0.4, -0.2) is 53.0 Å². The Morgan fingerprint density at radius 2 is 1.77 bits per heavy atom. The van der Waals surface area contributed by atoms with Crippen LogP contribution in [0.25, 0.3) is 0 Å². The number of halogens is 1. The van der Waals surface area contributed by atoms with Gasteiger partial charge in [0.15, 0.2) is 0 Å². The zero-order valence-corrected chi connectivity index (χ0v) is 14.6. The molecule has 1 heterocycles. The minimum atomic E-state index is -0.857. The van der Waals surface area contributed by atoms with Crippen molar-refractivity contribution < 1.29 is 19.1 Å². The summed E-state index contributed by atoms with van der Waals surface area (Å²) in [5, 5.41) is 9.54. The van der Waals surface area contributed by atoms with Crippen LogP contribution in [0.15, 0.2) is 36.4 Å². The molecule has 6 heteroatoms. The lowest BCUT2D eigenvalue weighted by Crippen LogP contribution is -2.52. The fourth-order valence-electron chi connectivity index (χ4n) is 4.73. The molecule has 0 radical (unpaired) electrons. The Labute approximate surface area is 152 Å². The van der Waals surface area contributed by atoms with Crippen LogP contribution in [-0.2, 0) is 16.1 Å². The first kappa shape index (κ1) is 17.2. The van der Waals surface area contributed by atoms with E-state index < -0.39 is 17.8 Å². The average Bonchev–Trinajstić information content (AvgIpc) is 3.23. The number of fused-ring (bicyclic) bond motifs is 2. The number of carbonyl (C=O) groups is 2. The van der Waals surface area contributed by atoms with E-state index in [-0.39, 0.29) is 23.6 Å². The number of hydrogen-bond acceptors (Lipinski definition) is 3. The van der Waals surface area contributed by atoms with Crippen LogP contribution >= 0.6 is 0 Å². The predicted octanol–water partition coefficient (Wildman–Crippen LogP) is 1.99. The third kappa shape index (κ3) is 3.14. The Balaban J connectivity index is 1.36. The molecule has 26 heavy (non-hydrogen) atoms. The third-order valence-electron chi connectivity index (χ3n) is 6.01. The summed E-state index contributed by atoms with van der Waals surface area (Å²) in [5.41, 5.74) is 0.925. The van der Waals surface area contributed by atoms with E-state index in [0.717, 1.165) is 25.1 Å². The van der Waals surface area contributed by atoms with Crippen LogP contribution < -0.4 is 0 Å². The van der Waals surface area contributed by atoms with E-state index in [4.69, 9.17) is 0 Å². The Morgan fingerprint density at radius 3 is 2.42 bits per heavy atom. The second kappa shape index (κ2) is 6.83. The zero-order valence-electron chi connectivity index (χ0n) is 14.6. The van der Waals surface area contributed by atoms with Crippen molar-refractivity contribution in [3.63, 3.8) is 0 Å². The van der Waals surface area contributed by atoms with Gasteiger partial charge in [-0.15, -0.1) is 0 Å². The number of allylic oxidation sites excluding steroid dienone is 2. The molecule has 1 aromatic carbocycles. The molecule has 1 amide bonds. The number of nitrogens with zero attached hydrogens (tertiary/aromatic N) is 2. The van der Waals surface area contributed by atoms with Crippen molar-refractivity contribution >= 4 is 11.9 Å². The summed E-state index contributed by atoms with van der Waals surface area (Å²) in [6.45, 7) is 3.29. The zero-order chi connectivity index (χ0) is 18.3. The van der Waals surface area contributed by atoms with Crippen molar-refractivity contribution in [3.05, 3.63) is 47.8 Å². The molecule has 1 aliphatic heterocycles. The highest BCUT2D eigenvalue weighted by Gasteiger charge is 2.52. The Bertz CT molecular complexity index is 742. The minimum Gasteiger partial charge on any atom is -0.481 e. The molecule has 138 valence electrons. The van der Waals surface area contributed by atoms with E-state index in [1.54, 1.807) is 6.07 Å². The molecule has 0 unspecified atom stereocenters. The van der Waals surface area contributed by atoms with Crippen LogP contribution in [0.4, 0.5) is 4.39 Å². The smallest absolute Gasteiger partial charge is 0.307 e. The van der Waals surface area contributed by atoms with Gasteiger partial charge < -0.3 is 10.0 Å². The van der Waals surface area contributed by atoms with E-state index in [0.29, 0.717) is 19.6 Å². The lowest BCUT2D eigenvalue weighted by molar-refractivity contribution is -0.151. The maximum absolute atomic E-state index is 13.3. The number of carbonyl (C=O) groups excluding carboxylic acids is 1. The predicted molar refractivity (Wildman–Crippen MR) is 93.6 cm³/mol. The first-order valence-corrected chi connectivity index (χ1v) is 9.19. The first-order valence-electron chi connectivity index (χ1n) is 9.19. The summed E-state index contributed by atoms with van der Waals surface area (Å²) in [6.07, 6.45) is 4.77. The minimum absolute atomic E-state index is 0.000663. The lowest BCUT2D eigenvalue weighted by atomic mass is 9.82. The molecular weight excluding hydrogens is 335 g/mol. The molecule has 1 N–H and O–H groups in total. The summed E-state index contributed by atoms with van der Waals surface area (Å²) < 4.78 is 13.3. The number of amides is 1. The number of benzene rings is 1. The standard InChI is InChI=1S/C20H23FN2O3/c21-16-3-1-2-13(10-16)12-22-6-8-23(9-7-22)19(24)17-14-4-5-15(11-14)18(17)20(25)26/h1-5,10,14-15,17-18H,6-9,11-12H2,(H,25,26)/t14-,15-,17+,18+/m0/s1. The van der Waals surface area contributed by atoms with Gasteiger partial charge in [-0.3, -0.25) is 14.5 Å². The summed E-state index contributed by atoms with van der Waals surface area (Å²) >= 11 is 0. The van der Waals surface area contributed by atoms with Gasteiger partial charge in [-0.2, -0.15) is 0 Å².